The van der Waals surface area contributed by atoms with Gasteiger partial charge in [-0.1, -0.05) is 38.5 Å². The minimum atomic E-state index is 0.536. The molecule has 2 heteroatoms. The Morgan fingerprint density at radius 1 is 1.44 bits per heavy atom. The third-order valence-corrected chi connectivity index (χ3v) is 3.28. The molecular formula is C16H23NO. The summed E-state index contributed by atoms with van der Waals surface area (Å²) in [5, 5.41) is 3.48. The molecule has 0 bridgehead atoms. The second-order valence-corrected chi connectivity index (χ2v) is 5.16. The highest BCUT2D eigenvalue weighted by Crippen LogP contribution is 2.26. The van der Waals surface area contributed by atoms with E-state index in [1.165, 1.54) is 16.7 Å². The van der Waals surface area contributed by atoms with Crippen LogP contribution in [0.25, 0.3) is 6.08 Å². The minimum absolute atomic E-state index is 0.536. The maximum Gasteiger partial charge on any atom is 0.122 e. The second-order valence-electron chi connectivity index (χ2n) is 5.16. The van der Waals surface area contributed by atoms with E-state index in [0.29, 0.717) is 6.04 Å². The highest BCUT2D eigenvalue weighted by atomic mass is 16.5. The quantitative estimate of drug-likeness (QED) is 0.858. The average molecular weight is 245 g/mol. The Balaban J connectivity index is 2.10. The average Bonchev–Trinajstić information content (AvgIpc) is 2.81. The molecule has 1 aromatic carbocycles. The fourth-order valence-electron chi connectivity index (χ4n) is 2.15. The highest BCUT2D eigenvalue weighted by molar-refractivity contribution is 5.57. The maximum atomic E-state index is 5.53. The first kappa shape index (κ1) is 13.2. The van der Waals surface area contributed by atoms with E-state index in [0.717, 1.165) is 31.7 Å². The smallest absolute Gasteiger partial charge is 0.122 e. The van der Waals surface area contributed by atoms with Crippen LogP contribution < -0.4 is 10.1 Å². The van der Waals surface area contributed by atoms with Crippen molar-refractivity contribution in [2.24, 2.45) is 0 Å². The molecule has 0 fully saturated rings. The van der Waals surface area contributed by atoms with Gasteiger partial charge in [-0.25, -0.2) is 0 Å². The zero-order valence-electron chi connectivity index (χ0n) is 11.6. The molecule has 0 aromatic heterocycles. The van der Waals surface area contributed by atoms with Crippen LogP contribution in [0.2, 0.25) is 0 Å². The Morgan fingerprint density at radius 2 is 2.28 bits per heavy atom. The van der Waals surface area contributed by atoms with Crippen molar-refractivity contribution in [1.82, 2.24) is 5.32 Å². The zero-order chi connectivity index (χ0) is 13.0. The number of rotatable bonds is 5. The Labute approximate surface area is 110 Å². The summed E-state index contributed by atoms with van der Waals surface area (Å²) in [6.07, 6.45) is 4.43. The van der Waals surface area contributed by atoms with Gasteiger partial charge >= 0.3 is 0 Å². The molecule has 0 saturated carbocycles. The van der Waals surface area contributed by atoms with Crippen molar-refractivity contribution < 1.29 is 4.74 Å². The molecule has 0 atom stereocenters. The number of fused-ring (bicyclic) bond motifs is 1. The topological polar surface area (TPSA) is 21.3 Å². The molecule has 2 rings (SSSR count). The van der Waals surface area contributed by atoms with E-state index in [1.807, 2.05) is 0 Å². The van der Waals surface area contributed by atoms with Gasteiger partial charge in [-0.2, -0.15) is 0 Å². The van der Waals surface area contributed by atoms with Gasteiger partial charge in [0.1, 0.15) is 5.75 Å². The van der Waals surface area contributed by atoms with Crippen LogP contribution >= 0.6 is 0 Å². The fraction of sp³-hybridized carbons (Fsp3) is 0.500. The van der Waals surface area contributed by atoms with Gasteiger partial charge in [0.15, 0.2) is 0 Å². The normalized spacial score (nSPS) is 14.8. The lowest BCUT2D eigenvalue weighted by atomic mass is 10.0. The summed E-state index contributed by atoms with van der Waals surface area (Å²) in [6, 6.07) is 7.04. The Hall–Kier alpha value is -1.28. The van der Waals surface area contributed by atoms with E-state index in [-0.39, 0.29) is 0 Å². The molecule has 0 amide bonds. The SMILES string of the molecule is CCC(=Cc1ccc2c(c1)CCO2)CNC(C)C. The fourth-order valence-corrected chi connectivity index (χ4v) is 2.15. The lowest BCUT2D eigenvalue weighted by molar-refractivity contribution is 0.357. The summed E-state index contributed by atoms with van der Waals surface area (Å²) in [5.74, 6) is 1.06. The molecule has 0 aliphatic carbocycles. The number of hydrogen-bond acceptors (Lipinski definition) is 2. The van der Waals surface area contributed by atoms with Crippen LogP contribution in [0.15, 0.2) is 23.8 Å². The lowest BCUT2D eigenvalue weighted by Gasteiger charge is -2.10. The van der Waals surface area contributed by atoms with Crippen molar-refractivity contribution in [3.8, 4) is 5.75 Å². The van der Waals surface area contributed by atoms with Crippen molar-refractivity contribution in [1.29, 1.82) is 0 Å². The van der Waals surface area contributed by atoms with Crippen molar-refractivity contribution in [2.75, 3.05) is 13.2 Å². The Morgan fingerprint density at radius 3 is 3.00 bits per heavy atom. The molecule has 18 heavy (non-hydrogen) atoms. The van der Waals surface area contributed by atoms with Crippen LogP contribution in [0.3, 0.4) is 0 Å². The van der Waals surface area contributed by atoms with E-state index in [2.05, 4.69) is 50.4 Å². The molecule has 0 unspecified atom stereocenters. The summed E-state index contributed by atoms with van der Waals surface area (Å²) < 4.78 is 5.53. The number of hydrogen-bond donors (Lipinski definition) is 1. The summed E-state index contributed by atoms with van der Waals surface area (Å²) in [5.41, 5.74) is 4.08. The molecule has 1 aliphatic heterocycles. The standard InChI is InChI=1S/C16H23NO/c1-4-13(11-17-12(2)3)9-14-5-6-16-15(10-14)7-8-18-16/h5-6,9-10,12,17H,4,7-8,11H2,1-3H3. The van der Waals surface area contributed by atoms with Crippen molar-refractivity contribution in [3.63, 3.8) is 0 Å². The molecule has 0 radical (unpaired) electrons. The molecule has 1 aromatic rings. The largest absolute Gasteiger partial charge is 0.493 e. The van der Waals surface area contributed by atoms with E-state index < -0.39 is 0 Å². The predicted octanol–water partition coefficient (Wildman–Crippen LogP) is 3.41. The Kier molecular flexibility index (Phi) is 4.43. The molecule has 1 heterocycles. The molecule has 2 nitrogen and oxygen atoms in total. The monoisotopic (exact) mass is 245 g/mol. The minimum Gasteiger partial charge on any atom is -0.493 e. The third kappa shape index (κ3) is 3.36. The van der Waals surface area contributed by atoms with E-state index in [1.54, 1.807) is 0 Å². The van der Waals surface area contributed by atoms with Crippen molar-refractivity contribution in [3.05, 3.63) is 34.9 Å². The van der Waals surface area contributed by atoms with Gasteiger partial charge in [-0.15, -0.1) is 0 Å². The van der Waals surface area contributed by atoms with Gasteiger partial charge in [0, 0.05) is 19.0 Å². The highest BCUT2D eigenvalue weighted by Gasteiger charge is 2.11. The number of ether oxygens (including phenoxy) is 1. The van der Waals surface area contributed by atoms with Crippen LogP contribution in [0.1, 0.15) is 38.3 Å². The van der Waals surface area contributed by atoms with Gasteiger partial charge in [0.05, 0.1) is 6.61 Å². The summed E-state index contributed by atoms with van der Waals surface area (Å²) in [4.78, 5) is 0. The van der Waals surface area contributed by atoms with E-state index in [9.17, 15) is 0 Å². The van der Waals surface area contributed by atoms with Crippen LogP contribution in [0.4, 0.5) is 0 Å². The maximum absolute atomic E-state index is 5.53. The first-order valence-corrected chi connectivity index (χ1v) is 6.87. The molecule has 1 N–H and O–H groups in total. The number of nitrogens with one attached hydrogen (secondary N) is 1. The molecule has 1 aliphatic rings. The lowest BCUT2D eigenvalue weighted by Crippen LogP contribution is -2.24. The third-order valence-electron chi connectivity index (χ3n) is 3.28. The van der Waals surface area contributed by atoms with Crippen molar-refractivity contribution >= 4 is 6.08 Å². The van der Waals surface area contributed by atoms with Gasteiger partial charge in [-0.05, 0) is 29.7 Å². The predicted molar refractivity (Wildman–Crippen MR) is 77.0 cm³/mol. The van der Waals surface area contributed by atoms with Crippen LogP contribution in [0, 0.1) is 0 Å². The van der Waals surface area contributed by atoms with E-state index >= 15 is 0 Å². The number of benzene rings is 1. The molecule has 0 spiro atoms. The van der Waals surface area contributed by atoms with Gasteiger partial charge in [-0.3, -0.25) is 0 Å². The first-order chi connectivity index (χ1) is 8.69. The van der Waals surface area contributed by atoms with E-state index in [4.69, 9.17) is 4.74 Å². The summed E-state index contributed by atoms with van der Waals surface area (Å²) >= 11 is 0. The van der Waals surface area contributed by atoms with Gasteiger partial charge in [0.2, 0.25) is 0 Å². The van der Waals surface area contributed by atoms with Crippen LogP contribution in [-0.4, -0.2) is 19.2 Å². The van der Waals surface area contributed by atoms with Crippen LogP contribution in [-0.2, 0) is 6.42 Å². The zero-order valence-corrected chi connectivity index (χ0v) is 11.6. The van der Waals surface area contributed by atoms with Crippen molar-refractivity contribution in [2.45, 2.75) is 39.7 Å². The molecular weight excluding hydrogens is 222 g/mol. The second kappa shape index (κ2) is 6.05. The summed E-state index contributed by atoms with van der Waals surface area (Å²) in [6.45, 7) is 8.38. The van der Waals surface area contributed by atoms with Crippen LogP contribution in [0.5, 0.6) is 5.75 Å². The Bertz CT molecular complexity index is 435. The van der Waals surface area contributed by atoms with Gasteiger partial charge in [0.25, 0.3) is 0 Å². The first-order valence-electron chi connectivity index (χ1n) is 6.87. The molecule has 0 saturated heterocycles. The summed E-state index contributed by atoms with van der Waals surface area (Å²) in [7, 11) is 0. The molecule has 98 valence electrons. The van der Waals surface area contributed by atoms with Gasteiger partial charge < -0.3 is 10.1 Å².